The molecule has 7 nitrogen and oxygen atoms in total. The van der Waals surface area contributed by atoms with Crippen molar-refractivity contribution in [1.82, 2.24) is 19.7 Å². The SMILES string of the molecule is C=CCN(Cc1ccc(C#N)cc1)C(=O)c1sc(-c2c(C)c(C)nn(C)c2=O)nc1C. The first-order valence-corrected chi connectivity index (χ1v) is 10.5. The Kier molecular flexibility index (Phi) is 6.47. The van der Waals surface area contributed by atoms with E-state index in [1.54, 1.807) is 37.1 Å². The minimum Gasteiger partial charge on any atom is -0.330 e. The monoisotopic (exact) mass is 433 g/mol. The second kappa shape index (κ2) is 9.06. The third-order valence-electron chi connectivity index (χ3n) is 5.02. The fourth-order valence-corrected chi connectivity index (χ4v) is 4.35. The van der Waals surface area contributed by atoms with Crippen LogP contribution >= 0.6 is 11.3 Å². The highest BCUT2D eigenvalue weighted by atomic mass is 32.1. The summed E-state index contributed by atoms with van der Waals surface area (Å²) in [6, 6.07) is 9.21. The van der Waals surface area contributed by atoms with Gasteiger partial charge in [0.05, 0.1) is 28.6 Å². The maximum Gasteiger partial charge on any atom is 0.277 e. The molecule has 8 heteroatoms. The third kappa shape index (κ3) is 4.47. The summed E-state index contributed by atoms with van der Waals surface area (Å²) in [6.45, 7) is 9.95. The van der Waals surface area contributed by atoms with Gasteiger partial charge >= 0.3 is 0 Å². The molecule has 3 rings (SSSR count). The summed E-state index contributed by atoms with van der Waals surface area (Å²) >= 11 is 1.22. The summed E-state index contributed by atoms with van der Waals surface area (Å²) in [6.07, 6.45) is 1.67. The molecule has 0 radical (unpaired) electrons. The fraction of sp³-hybridized carbons (Fsp3) is 0.261. The third-order valence-corrected chi connectivity index (χ3v) is 6.19. The first-order chi connectivity index (χ1) is 14.8. The van der Waals surface area contributed by atoms with Crippen LogP contribution in [0.15, 0.2) is 41.7 Å². The molecule has 0 N–H and O–H groups in total. The normalized spacial score (nSPS) is 10.5. The van der Waals surface area contributed by atoms with Gasteiger partial charge in [0.25, 0.3) is 11.5 Å². The molecule has 1 amide bonds. The minimum atomic E-state index is -0.239. The fourth-order valence-electron chi connectivity index (χ4n) is 3.23. The zero-order valence-corrected chi connectivity index (χ0v) is 18.8. The molecule has 31 heavy (non-hydrogen) atoms. The number of nitriles is 1. The molecule has 0 atom stereocenters. The lowest BCUT2D eigenvalue weighted by molar-refractivity contribution is 0.0766. The van der Waals surface area contributed by atoms with Gasteiger partial charge in [0.2, 0.25) is 0 Å². The number of hydrogen-bond acceptors (Lipinski definition) is 6. The van der Waals surface area contributed by atoms with Crippen LogP contribution in [0.25, 0.3) is 10.6 Å². The van der Waals surface area contributed by atoms with Crippen LogP contribution in [0.1, 0.15) is 37.7 Å². The van der Waals surface area contributed by atoms with E-state index in [-0.39, 0.29) is 11.5 Å². The molecule has 1 aromatic carbocycles. The molecule has 0 spiro atoms. The van der Waals surface area contributed by atoms with E-state index in [1.165, 1.54) is 16.0 Å². The van der Waals surface area contributed by atoms with Gasteiger partial charge in [0.1, 0.15) is 9.88 Å². The van der Waals surface area contributed by atoms with Crippen molar-refractivity contribution in [2.75, 3.05) is 6.54 Å². The van der Waals surface area contributed by atoms with Crippen LogP contribution in [0, 0.1) is 32.1 Å². The van der Waals surface area contributed by atoms with Gasteiger partial charge in [-0.1, -0.05) is 18.2 Å². The highest BCUT2D eigenvalue weighted by Crippen LogP contribution is 2.29. The van der Waals surface area contributed by atoms with Crippen LogP contribution in [-0.4, -0.2) is 32.1 Å². The lowest BCUT2D eigenvalue weighted by Gasteiger charge is -2.21. The Morgan fingerprint density at radius 1 is 1.26 bits per heavy atom. The summed E-state index contributed by atoms with van der Waals surface area (Å²) in [5.74, 6) is -0.175. The number of amides is 1. The Hall–Kier alpha value is -3.57. The summed E-state index contributed by atoms with van der Waals surface area (Å²) in [4.78, 5) is 32.7. The van der Waals surface area contributed by atoms with Crippen molar-refractivity contribution < 1.29 is 4.79 Å². The molecular formula is C23H23N5O2S. The number of carbonyl (C=O) groups excluding carboxylic acids is 1. The molecule has 0 aliphatic carbocycles. The average molecular weight is 434 g/mol. The second-order valence-electron chi connectivity index (χ2n) is 7.23. The van der Waals surface area contributed by atoms with Gasteiger partial charge in [0.15, 0.2) is 0 Å². The molecule has 158 valence electrons. The van der Waals surface area contributed by atoms with E-state index in [0.29, 0.717) is 39.8 Å². The van der Waals surface area contributed by atoms with Crippen LogP contribution in [0.3, 0.4) is 0 Å². The number of hydrogen-bond donors (Lipinski definition) is 0. The number of benzene rings is 1. The van der Waals surface area contributed by atoms with Crippen LogP contribution in [0.4, 0.5) is 0 Å². The van der Waals surface area contributed by atoms with Crippen molar-refractivity contribution in [2.45, 2.75) is 27.3 Å². The van der Waals surface area contributed by atoms with Crippen molar-refractivity contribution in [2.24, 2.45) is 7.05 Å². The number of nitrogens with zero attached hydrogens (tertiary/aromatic N) is 5. The number of thiazole rings is 1. The summed E-state index contributed by atoms with van der Waals surface area (Å²) < 4.78 is 1.30. The minimum absolute atomic E-state index is 0.175. The first-order valence-electron chi connectivity index (χ1n) is 9.68. The van der Waals surface area contributed by atoms with Gasteiger partial charge in [-0.3, -0.25) is 9.59 Å². The van der Waals surface area contributed by atoms with Gasteiger partial charge in [-0.05, 0) is 44.0 Å². The quantitative estimate of drug-likeness (QED) is 0.555. The van der Waals surface area contributed by atoms with Crippen LogP contribution < -0.4 is 5.56 Å². The molecule has 0 aliphatic rings. The maximum absolute atomic E-state index is 13.3. The zero-order valence-electron chi connectivity index (χ0n) is 18.0. The predicted molar refractivity (Wildman–Crippen MR) is 121 cm³/mol. The molecule has 0 saturated carbocycles. The Balaban J connectivity index is 1.97. The standard InChI is InChI=1S/C23H23N5O2S/c1-6-11-28(13-18-9-7-17(12-24)8-10-18)23(30)20-16(4)25-21(31-20)19-14(2)15(3)26-27(5)22(19)29/h6-10H,1,11,13H2,2-5H3. The van der Waals surface area contributed by atoms with Crippen LogP contribution in [0.2, 0.25) is 0 Å². The maximum atomic E-state index is 13.3. The van der Waals surface area contributed by atoms with E-state index in [9.17, 15) is 9.59 Å². The zero-order chi connectivity index (χ0) is 22.7. The van der Waals surface area contributed by atoms with Crippen molar-refractivity contribution in [3.05, 3.63) is 80.2 Å². The molecule has 0 bridgehead atoms. The van der Waals surface area contributed by atoms with Gasteiger partial charge < -0.3 is 4.90 Å². The van der Waals surface area contributed by atoms with Gasteiger partial charge in [0, 0.05) is 20.1 Å². The number of rotatable bonds is 6. The van der Waals surface area contributed by atoms with Gasteiger partial charge in [-0.15, -0.1) is 17.9 Å². The number of aryl methyl sites for hydroxylation is 3. The largest absolute Gasteiger partial charge is 0.330 e. The van der Waals surface area contributed by atoms with Crippen molar-refractivity contribution in [1.29, 1.82) is 5.26 Å². The van der Waals surface area contributed by atoms with E-state index in [0.717, 1.165) is 16.8 Å². The molecule has 0 unspecified atom stereocenters. The highest BCUT2D eigenvalue weighted by molar-refractivity contribution is 7.17. The van der Waals surface area contributed by atoms with E-state index >= 15 is 0 Å². The summed E-state index contributed by atoms with van der Waals surface area (Å²) in [7, 11) is 1.61. The van der Waals surface area contributed by atoms with Crippen LogP contribution in [0.5, 0.6) is 0 Å². The van der Waals surface area contributed by atoms with E-state index in [2.05, 4.69) is 22.7 Å². The molecule has 0 aliphatic heterocycles. The Bertz CT molecular complexity index is 1250. The lowest BCUT2D eigenvalue weighted by Crippen LogP contribution is -2.30. The Labute approximate surface area is 184 Å². The molecule has 3 aromatic rings. The van der Waals surface area contributed by atoms with Gasteiger partial charge in [-0.25, -0.2) is 9.67 Å². The molecule has 0 saturated heterocycles. The molecule has 0 fully saturated rings. The van der Waals surface area contributed by atoms with Crippen molar-refractivity contribution >= 4 is 17.2 Å². The summed E-state index contributed by atoms with van der Waals surface area (Å²) in [5, 5.41) is 13.7. The summed E-state index contributed by atoms with van der Waals surface area (Å²) in [5.41, 5.74) is 3.79. The van der Waals surface area contributed by atoms with Crippen LogP contribution in [-0.2, 0) is 13.6 Å². The van der Waals surface area contributed by atoms with Crippen molar-refractivity contribution in [3.63, 3.8) is 0 Å². The first kappa shape index (κ1) is 22.1. The molecule has 2 heterocycles. The molecular weight excluding hydrogens is 410 g/mol. The highest BCUT2D eigenvalue weighted by Gasteiger charge is 2.24. The molecule has 2 aromatic heterocycles. The smallest absolute Gasteiger partial charge is 0.277 e. The number of aromatic nitrogens is 3. The predicted octanol–water partition coefficient (Wildman–Crippen LogP) is 3.53. The lowest BCUT2D eigenvalue weighted by atomic mass is 10.1. The average Bonchev–Trinajstić information content (AvgIpc) is 3.13. The second-order valence-corrected chi connectivity index (χ2v) is 8.23. The Morgan fingerprint density at radius 2 is 1.94 bits per heavy atom. The topological polar surface area (TPSA) is 91.9 Å². The Morgan fingerprint density at radius 3 is 2.55 bits per heavy atom. The van der Waals surface area contributed by atoms with E-state index < -0.39 is 0 Å². The van der Waals surface area contributed by atoms with E-state index in [4.69, 9.17) is 5.26 Å². The number of carbonyl (C=O) groups is 1. The van der Waals surface area contributed by atoms with Gasteiger partial charge in [-0.2, -0.15) is 10.4 Å². The van der Waals surface area contributed by atoms with Crippen molar-refractivity contribution in [3.8, 4) is 16.6 Å². The van der Waals surface area contributed by atoms with E-state index in [1.807, 2.05) is 26.0 Å².